The summed E-state index contributed by atoms with van der Waals surface area (Å²) in [6, 6.07) is 21.3. The number of hydrogen-bond acceptors (Lipinski definition) is 7. The van der Waals surface area contributed by atoms with E-state index in [0.717, 1.165) is 11.8 Å². The maximum Gasteiger partial charge on any atom is 0.254 e. The van der Waals surface area contributed by atoms with E-state index >= 15 is 0 Å². The van der Waals surface area contributed by atoms with Gasteiger partial charge < -0.3 is 25.8 Å². The normalized spacial score (nSPS) is 14.8. The van der Waals surface area contributed by atoms with Crippen molar-refractivity contribution in [3.63, 3.8) is 0 Å². The molecule has 1 aliphatic rings. The van der Waals surface area contributed by atoms with Crippen molar-refractivity contribution < 1.29 is 23.8 Å². The number of phenols is 1. The molecule has 10 heteroatoms. The van der Waals surface area contributed by atoms with Crippen LogP contribution < -0.4 is 20.7 Å². The summed E-state index contributed by atoms with van der Waals surface area (Å²) in [5.41, 5.74) is 2.46. The van der Waals surface area contributed by atoms with Crippen molar-refractivity contribution in [3.8, 4) is 17.6 Å². The molecule has 0 aromatic heterocycles. The van der Waals surface area contributed by atoms with Gasteiger partial charge in [-0.25, -0.2) is 4.39 Å². The Morgan fingerprint density at radius 1 is 1.08 bits per heavy atom. The number of aromatic hydroxyl groups is 1. The summed E-state index contributed by atoms with van der Waals surface area (Å²) in [7, 11) is 1.41. The number of para-hydroxylation sites is 1. The van der Waals surface area contributed by atoms with Crippen LogP contribution in [-0.4, -0.2) is 29.8 Å². The van der Waals surface area contributed by atoms with Crippen LogP contribution in [0.25, 0.3) is 0 Å². The third-order valence-corrected chi connectivity index (χ3v) is 6.93. The van der Waals surface area contributed by atoms with Gasteiger partial charge in [-0.2, -0.15) is 5.26 Å². The fourth-order valence-electron chi connectivity index (χ4n) is 4.16. The van der Waals surface area contributed by atoms with Crippen molar-refractivity contribution in [1.29, 1.82) is 5.26 Å². The van der Waals surface area contributed by atoms with Gasteiger partial charge in [-0.15, -0.1) is 0 Å². The van der Waals surface area contributed by atoms with Crippen LogP contribution in [0.2, 0.25) is 0 Å². The zero-order valence-corrected chi connectivity index (χ0v) is 21.9. The number of carbonyl (C=O) groups excluding carboxylic acids is 2. The zero-order chi connectivity index (χ0) is 27.9. The second-order valence-corrected chi connectivity index (χ2v) is 9.54. The summed E-state index contributed by atoms with van der Waals surface area (Å²) < 4.78 is 18.8. The largest absolute Gasteiger partial charge is 0.504 e. The van der Waals surface area contributed by atoms with Crippen molar-refractivity contribution in [3.05, 3.63) is 106 Å². The number of hydrogen-bond donors (Lipinski definition) is 4. The van der Waals surface area contributed by atoms with E-state index in [4.69, 9.17) is 4.74 Å². The van der Waals surface area contributed by atoms with E-state index in [2.05, 4.69) is 22.0 Å². The first-order valence-corrected chi connectivity index (χ1v) is 12.8. The minimum atomic E-state index is -0.816. The number of nitrogens with one attached hydrogen (secondary N) is 3. The predicted molar refractivity (Wildman–Crippen MR) is 148 cm³/mol. The molecule has 0 saturated carbocycles. The highest BCUT2D eigenvalue weighted by Crippen LogP contribution is 2.43. The highest BCUT2D eigenvalue weighted by Gasteiger charge is 2.35. The highest BCUT2D eigenvalue weighted by molar-refractivity contribution is 8.03. The van der Waals surface area contributed by atoms with Gasteiger partial charge in [0.2, 0.25) is 5.91 Å². The number of dihydropyridines is 1. The monoisotopic (exact) mass is 544 g/mol. The Labute approximate surface area is 229 Å². The van der Waals surface area contributed by atoms with Crippen molar-refractivity contribution in [2.45, 2.75) is 12.8 Å². The number of anilines is 2. The van der Waals surface area contributed by atoms with Crippen LogP contribution in [0.3, 0.4) is 0 Å². The molecular formula is C29H25FN4O4S. The average molecular weight is 545 g/mol. The van der Waals surface area contributed by atoms with Crippen LogP contribution >= 0.6 is 11.8 Å². The first-order valence-electron chi connectivity index (χ1n) is 11.8. The molecule has 1 aliphatic heterocycles. The summed E-state index contributed by atoms with van der Waals surface area (Å²) in [5, 5.41) is 29.4. The van der Waals surface area contributed by atoms with Crippen LogP contribution in [0, 0.1) is 17.1 Å². The molecule has 1 atom stereocenters. The van der Waals surface area contributed by atoms with Gasteiger partial charge in [0.15, 0.2) is 11.5 Å². The number of ether oxygens (including phenoxy) is 1. The average Bonchev–Trinajstić information content (AvgIpc) is 2.92. The van der Waals surface area contributed by atoms with E-state index in [9.17, 15) is 24.3 Å². The van der Waals surface area contributed by atoms with Crippen molar-refractivity contribution in [2.75, 3.05) is 23.5 Å². The van der Waals surface area contributed by atoms with Gasteiger partial charge in [-0.3, -0.25) is 9.59 Å². The molecule has 0 unspecified atom stereocenters. The number of phenolic OH excluding ortho intramolecular Hbond substituents is 1. The van der Waals surface area contributed by atoms with Gasteiger partial charge in [0, 0.05) is 22.6 Å². The van der Waals surface area contributed by atoms with Crippen LogP contribution in [0.15, 0.2) is 94.7 Å². The summed E-state index contributed by atoms with van der Waals surface area (Å²) in [6.07, 6.45) is 0. The molecule has 3 aromatic rings. The fourth-order valence-corrected chi connectivity index (χ4v) is 5.05. The Morgan fingerprint density at radius 3 is 2.51 bits per heavy atom. The Balaban J connectivity index is 1.67. The lowest BCUT2D eigenvalue weighted by Gasteiger charge is -2.30. The number of rotatable bonds is 8. The van der Waals surface area contributed by atoms with Gasteiger partial charge in [0.25, 0.3) is 5.91 Å². The maximum absolute atomic E-state index is 13.5. The zero-order valence-electron chi connectivity index (χ0n) is 21.1. The number of allylic oxidation sites excluding steroid dienone is 2. The quantitative estimate of drug-likeness (QED) is 0.306. The van der Waals surface area contributed by atoms with Crippen molar-refractivity contribution in [2.24, 2.45) is 0 Å². The molecule has 0 spiro atoms. The lowest BCUT2D eigenvalue weighted by Crippen LogP contribution is -2.31. The highest BCUT2D eigenvalue weighted by atomic mass is 32.2. The molecule has 3 aromatic carbocycles. The Kier molecular flexibility index (Phi) is 8.53. The van der Waals surface area contributed by atoms with E-state index in [1.165, 1.54) is 31.4 Å². The predicted octanol–water partition coefficient (Wildman–Crippen LogP) is 5.25. The summed E-state index contributed by atoms with van der Waals surface area (Å²) in [4.78, 5) is 26.1. The van der Waals surface area contributed by atoms with E-state index in [1.807, 2.05) is 6.07 Å². The molecule has 39 heavy (non-hydrogen) atoms. The lowest BCUT2D eigenvalue weighted by molar-refractivity contribution is -0.114. The molecule has 0 fully saturated rings. The van der Waals surface area contributed by atoms with Gasteiger partial charge >= 0.3 is 0 Å². The Hall–Kier alpha value is -4.75. The second-order valence-electron chi connectivity index (χ2n) is 8.55. The Morgan fingerprint density at radius 2 is 1.82 bits per heavy atom. The molecule has 0 bridgehead atoms. The number of benzene rings is 3. The van der Waals surface area contributed by atoms with Crippen molar-refractivity contribution in [1.82, 2.24) is 5.32 Å². The standard InChI is InChI=1S/C29H25FN4O4S/c1-17-26(28(37)34-20-8-4-3-5-9-20)27(18-11-12-23(35)24(13-18)38-2)22(15-31)29(32-17)39-16-25(36)33-21-10-6-7-19(30)14-21/h3-14,27,32,35H,16H2,1-2H3,(H,33,36)(H,34,37)/t27-/m0/s1. The van der Waals surface area contributed by atoms with Crippen LogP contribution in [0.4, 0.5) is 15.8 Å². The van der Waals surface area contributed by atoms with Gasteiger partial charge in [-0.05, 0) is 55.0 Å². The third kappa shape index (κ3) is 6.40. The first-order chi connectivity index (χ1) is 18.8. The third-order valence-electron chi connectivity index (χ3n) is 5.92. The molecule has 0 radical (unpaired) electrons. The van der Waals surface area contributed by atoms with Crippen molar-refractivity contribution >= 4 is 35.0 Å². The summed E-state index contributed by atoms with van der Waals surface area (Å²) in [6.45, 7) is 1.71. The van der Waals surface area contributed by atoms with Crippen LogP contribution in [0.5, 0.6) is 11.5 Å². The van der Waals surface area contributed by atoms with E-state index < -0.39 is 23.5 Å². The molecule has 0 aliphatic carbocycles. The molecule has 2 amide bonds. The lowest BCUT2D eigenvalue weighted by atomic mass is 9.82. The molecule has 4 N–H and O–H groups in total. The van der Waals surface area contributed by atoms with Crippen LogP contribution in [-0.2, 0) is 9.59 Å². The minimum Gasteiger partial charge on any atom is -0.504 e. The van der Waals surface area contributed by atoms with Crippen LogP contribution in [0.1, 0.15) is 18.4 Å². The molecule has 1 heterocycles. The second kappa shape index (κ2) is 12.2. The van der Waals surface area contributed by atoms with Gasteiger partial charge in [-0.1, -0.05) is 42.1 Å². The number of nitriles is 1. The Bertz CT molecular complexity index is 1520. The molecule has 8 nitrogen and oxygen atoms in total. The fraction of sp³-hybridized carbons (Fsp3) is 0.138. The van der Waals surface area contributed by atoms with E-state index in [-0.39, 0.29) is 22.8 Å². The number of thioether (sulfide) groups is 1. The number of amides is 2. The first kappa shape index (κ1) is 27.3. The SMILES string of the molecule is COc1cc([C@H]2C(C#N)=C(SCC(=O)Nc3cccc(F)c3)NC(C)=C2C(=O)Nc2ccccc2)ccc1O. The number of nitrogens with zero attached hydrogens (tertiary/aromatic N) is 1. The summed E-state index contributed by atoms with van der Waals surface area (Å²) >= 11 is 1.09. The molecule has 4 rings (SSSR count). The van der Waals surface area contributed by atoms with Gasteiger partial charge in [0.1, 0.15) is 5.82 Å². The smallest absolute Gasteiger partial charge is 0.254 e. The summed E-state index contributed by atoms with van der Waals surface area (Å²) in [5.74, 6) is -2.07. The van der Waals surface area contributed by atoms with E-state index in [1.54, 1.807) is 49.4 Å². The molecular weight excluding hydrogens is 519 g/mol. The molecule has 198 valence electrons. The number of halogens is 1. The molecule has 0 saturated heterocycles. The minimum absolute atomic E-state index is 0.0749. The topological polar surface area (TPSA) is 123 Å². The van der Waals surface area contributed by atoms with E-state index in [0.29, 0.717) is 33.2 Å². The maximum atomic E-state index is 13.5. The number of carbonyl (C=O) groups is 2. The van der Waals surface area contributed by atoms with Gasteiger partial charge in [0.05, 0.1) is 35.5 Å². The number of methoxy groups -OCH3 is 1.